The van der Waals surface area contributed by atoms with Crippen LogP contribution in [-0.2, 0) is 9.84 Å². The van der Waals surface area contributed by atoms with E-state index in [9.17, 15) is 5.11 Å². The molecular formula is C2H4ClO2. The summed E-state index contributed by atoms with van der Waals surface area (Å²) in [5.74, 6) is 0. The Bertz CT molecular complexity index is 15.1. The second-order valence-electron chi connectivity index (χ2n) is 0.431. The molecule has 0 aromatic heterocycles. The number of ether oxygens (including phenoxy) is 1. The van der Waals surface area contributed by atoms with E-state index < -0.39 is 6.79 Å². The summed E-state index contributed by atoms with van der Waals surface area (Å²) in [6, 6.07) is 0.00347. The van der Waals surface area contributed by atoms with Crippen LogP contribution in [0, 0.1) is 0 Å². The average molecular weight is 95.5 g/mol. The zero-order valence-electron chi connectivity index (χ0n) is 2.61. The van der Waals surface area contributed by atoms with Crippen LogP contribution in [0.4, 0.5) is 0 Å². The zero-order chi connectivity index (χ0) is 4.12. The number of hydrogen-bond donors (Lipinski definition) is 0. The highest BCUT2D eigenvalue weighted by Crippen LogP contribution is 1.72. The SMILES string of the molecule is [O]COCCl. The molecular weight excluding hydrogens is 91.5 g/mol. The molecule has 0 bridgehead atoms. The topological polar surface area (TPSA) is 29.1 Å². The van der Waals surface area contributed by atoms with Gasteiger partial charge in [0.25, 0.3) is 0 Å². The maximum absolute atomic E-state index is 9.22. The molecule has 0 saturated heterocycles. The first kappa shape index (κ1) is 5.21. The lowest BCUT2D eigenvalue weighted by Crippen LogP contribution is -1.83. The summed E-state index contributed by atoms with van der Waals surface area (Å²) in [6.07, 6.45) is 0. The van der Waals surface area contributed by atoms with Gasteiger partial charge in [0.2, 0.25) is 0 Å². The van der Waals surface area contributed by atoms with Crippen molar-refractivity contribution in [3.05, 3.63) is 0 Å². The lowest BCUT2D eigenvalue weighted by molar-refractivity contribution is -0.0250. The van der Waals surface area contributed by atoms with Gasteiger partial charge in [0.15, 0.2) is 6.79 Å². The van der Waals surface area contributed by atoms with Crippen molar-refractivity contribution in [2.24, 2.45) is 0 Å². The Hall–Kier alpha value is 0.210. The highest BCUT2D eigenvalue weighted by Gasteiger charge is 1.69. The molecule has 0 atom stereocenters. The fourth-order valence-electron chi connectivity index (χ4n) is 0.0315. The molecule has 5 heavy (non-hydrogen) atoms. The fraction of sp³-hybridized carbons (Fsp3) is 1.00. The maximum atomic E-state index is 9.22. The van der Waals surface area contributed by atoms with Crippen LogP contribution in [0.2, 0.25) is 0 Å². The Labute approximate surface area is 35.3 Å². The Morgan fingerprint density at radius 1 is 1.80 bits per heavy atom. The molecule has 0 saturated carbocycles. The van der Waals surface area contributed by atoms with Crippen molar-refractivity contribution >= 4 is 11.6 Å². The lowest BCUT2D eigenvalue weighted by Gasteiger charge is -1.81. The predicted molar refractivity (Wildman–Crippen MR) is 17.4 cm³/mol. The highest BCUT2D eigenvalue weighted by atomic mass is 35.5. The molecule has 0 fully saturated rings. The second-order valence-corrected chi connectivity index (χ2v) is 0.649. The summed E-state index contributed by atoms with van der Waals surface area (Å²) in [6.45, 7) is -0.538. The fourth-order valence-corrected chi connectivity index (χ4v) is 0.0945. The molecule has 1 radical (unpaired) electrons. The van der Waals surface area contributed by atoms with Crippen LogP contribution in [0.1, 0.15) is 0 Å². The van der Waals surface area contributed by atoms with Crippen molar-refractivity contribution < 1.29 is 9.84 Å². The van der Waals surface area contributed by atoms with E-state index in [4.69, 9.17) is 11.6 Å². The third-order valence-electron chi connectivity index (χ3n) is 0.160. The van der Waals surface area contributed by atoms with Gasteiger partial charge in [-0.25, -0.2) is 5.11 Å². The number of halogens is 1. The van der Waals surface area contributed by atoms with E-state index in [1.165, 1.54) is 0 Å². The van der Waals surface area contributed by atoms with E-state index in [1.807, 2.05) is 0 Å². The summed E-state index contributed by atoms with van der Waals surface area (Å²) in [4.78, 5) is 0. The van der Waals surface area contributed by atoms with E-state index in [-0.39, 0.29) is 6.07 Å². The van der Waals surface area contributed by atoms with Crippen molar-refractivity contribution in [2.45, 2.75) is 0 Å². The van der Waals surface area contributed by atoms with E-state index >= 15 is 0 Å². The molecule has 0 aromatic rings. The first-order valence-electron chi connectivity index (χ1n) is 1.13. The van der Waals surface area contributed by atoms with Gasteiger partial charge in [0.1, 0.15) is 6.07 Å². The lowest BCUT2D eigenvalue weighted by atomic mass is 11.4. The van der Waals surface area contributed by atoms with Gasteiger partial charge in [0.05, 0.1) is 0 Å². The molecule has 2 nitrogen and oxygen atoms in total. The van der Waals surface area contributed by atoms with Crippen molar-refractivity contribution in [1.82, 2.24) is 0 Å². The van der Waals surface area contributed by atoms with Crippen molar-refractivity contribution in [3.8, 4) is 0 Å². The Morgan fingerprint density at radius 2 is 2.40 bits per heavy atom. The van der Waals surface area contributed by atoms with Crippen LogP contribution in [0.25, 0.3) is 0 Å². The number of alkyl halides is 1. The van der Waals surface area contributed by atoms with Crippen LogP contribution in [0.15, 0.2) is 0 Å². The van der Waals surface area contributed by atoms with Crippen LogP contribution in [-0.4, -0.2) is 12.9 Å². The highest BCUT2D eigenvalue weighted by molar-refractivity contribution is 6.17. The number of hydrogen-bond acceptors (Lipinski definition) is 1. The van der Waals surface area contributed by atoms with Crippen LogP contribution in [0.5, 0.6) is 0 Å². The molecule has 3 heteroatoms. The molecule has 31 valence electrons. The van der Waals surface area contributed by atoms with Crippen LogP contribution >= 0.6 is 11.6 Å². The molecule has 0 aliphatic carbocycles. The molecule has 0 amide bonds. The molecule has 0 aliphatic heterocycles. The largest absolute Gasteiger partial charge is 0.337 e. The quantitative estimate of drug-likeness (QED) is 0.365. The Kier molecular flexibility index (Phi) is 4.39. The predicted octanol–water partition coefficient (Wildman–Crippen LogP) is 0.587. The first-order chi connectivity index (χ1) is 2.41. The minimum atomic E-state index is -0.538. The van der Waals surface area contributed by atoms with E-state index in [1.54, 1.807) is 0 Å². The van der Waals surface area contributed by atoms with Gasteiger partial charge in [-0.05, 0) is 0 Å². The van der Waals surface area contributed by atoms with E-state index in [0.29, 0.717) is 0 Å². The molecule has 0 aromatic carbocycles. The molecule has 0 unspecified atom stereocenters. The Morgan fingerprint density at radius 3 is 2.40 bits per heavy atom. The maximum Gasteiger partial charge on any atom is 0.182 e. The normalized spacial score (nSPS) is 8.40. The van der Waals surface area contributed by atoms with Gasteiger partial charge < -0.3 is 4.74 Å². The summed E-state index contributed by atoms with van der Waals surface area (Å²) < 4.78 is 4.04. The number of rotatable bonds is 2. The van der Waals surface area contributed by atoms with Gasteiger partial charge >= 0.3 is 0 Å². The molecule has 0 heterocycles. The molecule has 0 spiro atoms. The van der Waals surface area contributed by atoms with Crippen molar-refractivity contribution in [3.63, 3.8) is 0 Å². The summed E-state index contributed by atoms with van der Waals surface area (Å²) >= 11 is 4.88. The third-order valence-corrected chi connectivity index (χ3v) is 0.315. The van der Waals surface area contributed by atoms with Gasteiger partial charge in [-0.1, -0.05) is 11.6 Å². The zero-order valence-corrected chi connectivity index (χ0v) is 3.36. The molecule has 0 rings (SSSR count). The van der Waals surface area contributed by atoms with Gasteiger partial charge in [-0.15, -0.1) is 0 Å². The summed E-state index contributed by atoms with van der Waals surface area (Å²) in [5, 5.41) is 9.22. The van der Waals surface area contributed by atoms with E-state index in [2.05, 4.69) is 4.74 Å². The smallest absolute Gasteiger partial charge is 0.182 e. The molecule has 0 N–H and O–H groups in total. The second kappa shape index (κ2) is 4.21. The Balaban J connectivity index is 2.19. The van der Waals surface area contributed by atoms with Crippen molar-refractivity contribution in [1.29, 1.82) is 0 Å². The third kappa shape index (κ3) is 4.21. The standard InChI is InChI=1S/C2H4ClO2/c3-1-5-2-4/h1-2H2. The molecule has 0 aliphatic rings. The van der Waals surface area contributed by atoms with Gasteiger partial charge in [-0.2, -0.15) is 0 Å². The monoisotopic (exact) mass is 95.0 g/mol. The minimum absolute atomic E-state index is 0.00347. The minimum Gasteiger partial charge on any atom is -0.337 e. The van der Waals surface area contributed by atoms with E-state index in [0.717, 1.165) is 0 Å². The van der Waals surface area contributed by atoms with Crippen LogP contribution in [0.3, 0.4) is 0 Å². The summed E-state index contributed by atoms with van der Waals surface area (Å²) in [5.41, 5.74) is 0. The van der Waals surface area contributed by atoms with Gasteiger partial charge in [0, 0.05) is 0 Å². The van der Waals surface area contributed by atoms with Crippen LogP contribution < -0.4 is 0 Å². The van der Waals surface area contributed by atoms with Gasteiger partial charge in [-0.3, -0.25) is 0 Å². The first-order valence-corrected chi connectivity index (χ1v) is 1.67. The average Bonchev–Trinajstić information content (AvgIpc) is 1.41. The summed E-state index contributed by atoms with van der Waals surface area (Å²) in [7, 11) is 0. The van der Waals surface area contributed by atoms with Crippen molar-refractivity contribution in [2.75, 3.05) is 12.9 Å².